The first-order valence-electron chi connectivity index (χ1n) is 3.14. The minimum Gasteiger partial charge on any atom is -0.306 e. The molecular formula is C7H10OSi. The molecule has 0 aromatic carbocycles. The molecule has 1 rings (SSSR count). The van der Waals surface area contributed by atoms with Crippen molar-refractivity contribution in [3.63, 3.8) is 0 Å². The second kappa shape index (κ2) is 2.78. The van der Waals surface area contributed by atoms with Crippen molar-refractivity contribution in [3.05, 3.63) is 24.3 Å². The first-order valence-corrected chi connectivity index (χ1v) is 4.14. The fourth-order valence-electron chi connectivity index (χ4n) is 0.882. The minimum absolute atomic E-state index is 0.210. The lowest BCUT2D eigenvalue weighted by molar-refractivity contribution is -0.113. The number of allylic oxidation sites excluding steroid dienone is 4. The van der Waals surface area contributed by atoms with E-state index in [1.165, 1.54) is 0 Å². The largest absolute Gasteiger partial charge is 0.306 e. The molecule has 1 aliphatic rings. The Morgan fingerprint density at radius 1 is 1.56 bits per heavy atom. The van der Waals surface area contributed by atoms with Gasteiger partial charge in [-0.1, -0.05) is 24.3 Å². The van der Waals surface area contributed by atoms with Gasteiger partial charge in [-0.3, -0.25) is 0 Å². The summed E-state index contributed by atoms with van der Waals surface area (Å²) in [5.41, 5.74) is 0. The number of hydrogen-bond donors (Lipinski definition) is 0. The highest BCUT2D eigenvalue weighted by atomic mass is 28.1. The molecule has 0 aromatic rings. The molecule has 0 N–H and O–H groups in total. The zero-order valence-electron chi connectivity index (χ0n) is 5.50. The summed E-state index contributed by atoms with van der Waals surface area (Å²) < 4.78 is 0. The van der Waals surface area contributed by atoms with Crippen LogP contribution in [0.25, 0.3) is 0 Å². The number of carbonyl (C=O) groups excluding carboxylic acids is 1. The van der Waals surface area contributed by atoms with Gasteiger partial charge in [0.25, 0.3) is 0 Å². The van der Waals surface area contributed by atoms with Crippen molar-refractivity contribution in [2.45, 2.75) is 6.42 Å². The normalized spacial score (nSPS) is 24.7. The third kappa shape index (κ3) is 1.64. The van der Waals surface area contributed by atoms with Crippen molar-refractivity contribution in [3.8, 4) is 0 Å². The monoisotopic (exact) mass is 138 g/mol. The molecule has 0 bridgehead atoms. The molecule has 0 saturated carbocycles. The highest BCUT2D eigenvalue weighted by Gasteiger charge is 2.08. The highest BCUT2D eigenvalue weighted by molar-refractivity contribution is 6.58. The molecule has 0 amide bonds. The van der Waals surface area contributed by atoms with E-state index in [0.29, 0.717) is 15.6 Å². The van der Waals surface area contributed by atoms with Gasteiger partial charge in [0, 0.05) is 5.92 Å². The lowest BCUT2D eigenvalue weighted by Gasteiger charge is -2.06. The summed E-state index contributed by atoms with van der Waals surface area (Å²) >= 11 is 0. The summed E-state index contributed by atoms with van der Waals surface area (Å²) in [6.45, 7) is 0. The molecule has 2 heteroatoms. The van der Waals surface area contributed by atoms with Crippen LogP contribution in [0.15, 0.2) is 24.3 Å². The van der Waals surface area contributed by atoms with Crippen LogP contribution in [0.4, 0.5) is 0 Å². The van der Waals surface area contributed by atoms with E-state index in [9.17, 15) is 4.79 Å². The van der Waals surface area contributed by atoms with E-state index in [2.05, 4.69) is 0 Å². The number of carbonyl (C=O) groups is 1. The van der Waals surface area contributed by atoms with Crippen molar-refractivity contribution >= 4 is 15.6 Å². The summed E-state index contributed by atoms with van der Waals surface area (Å²) in [6, 6.07) is 0. The lowest BCUT2D eigenvalue weighted by Crippen LogP contribution is -2.11. The average Bonchev–Trinajstić information content (AvgIpc) is 1.90. The molecule has 0 aliphatic heterocycles. The third-order valence-corrected chi connectivity index (χ3v) is 2.24. The Balaban J connectivity index is 2.56. The molecule has 0 fully saturated rings. The van der Waals surface area contributed by atoms with Gasteiger partial charge in [-0.05, 0) is 6.42 Å². The lowest BCUT2D eigenvalue weighted by atomic mass is 10.0. The van der Waals surface area contributed by atoms with E-state index < -0.39 is 0 Å². The van der Waals surface area contributed by atoms with E-state index >= 15 is 0 Å². The summed E-state index contributed by atoms with van der Waals surface area (Å²) in [4.78, 5) is 10.8. The molecule has 9 heavy (non-hydrogen) atoms. The second-order valence-corrected chi connectivity index (χ2v) is 3.25. The Labute approximate surface area is 57.9 Å². The predicted octanol–water partition coefficient (Wildman–Crippen LogP) is 0.0107. The van der Waals surface area contributed by atoms with E-state index in [4.69, 9.17) is 0 Å². The van der Waals surface area contributed by atoms with Crippen LogP contribution in [0.3, 0.4) is 0 Å². The molecule has 0 saturated heterocycles. The van der Waals surface area contributed by atoms with Crippen molar-refractivity contribution in [1.82, 2.24) is 0 Å². The second-order valence-electron chi connectivity index (χ2n) is 2.27. The smallest absolute Gasteiger partial charge is 0.107 e. The van der Waals surface area contributed by atoms with E-state index in [1.54, 1.807) is 0 Å². The molecule has 1 atom stereocenters. The SMILES string of the molecule is O=C([SiH3])C1C=CC=CC1. The van der Waals surface area contributed by atoms with Gasteiger partial charge in [-0.2, -0.15) is 0 Å². The van der Waals surface area contributed by atoms with Gasteiger partial charge in [-0.15, -0.1) is 0 Å². The van der Waals surface area contributed by atoms with Gasteiger partial charge in [0.05, 0.1) is 10.2 Å². The van der Waals surface area contributed by atoms with Gasteiger partial charge in [0.15, 0.2) is 0 Å². The van der Waals surface area contributed by atoms with Gasteiger partial charge in [0.2, 0.25) is 0 Å². The standard InChI is InChI=1S/C7H10OSi/c8-7(9)6-4-2-1-3-5-6/h1-4,6H,5H2,9H3. The predicted molar refractivity (Wildman–Crippen MR) is 41.3 cm³/mol. The van der Waals surface area contributed by atoms with Crippen LogP contribution in [-0.2, 0) is 4.79 Å². The topological polar surface area (TPSA) is 17.1 Å². The van der Waals surface area contributed by atoms with Crippen LogP contribution in [0.5, 0.6) is 0 Å². The maximum absolute atomic E-state index is 10.8. The Bertz CT molecular complexity index is 170. The van der Waals surface area contributed by atoms with Crippen LogP contribution < -0.4 is 0 Å². The highest BCUT2D eigenvalue weighted by Crippen LogP contribution is 2.10. The van der Waals surface area contributed by atoms with Crippen molar-refractivity contribution in [2.24, 2.45) is 5.92 Å². The minimum atomic E-state index is 0.210. The van der Waals surface area contributed by atoms with Gasteiger partial charge in [-0.25, -0.2) is 0 Å². The summed E-state index contributed by atoms with van der Waals surface area (Å²) in [5, 5.41) is 0.399. The van der Waals surface area contributed by atoms with Gasteiger partial charge < -0.3 is 4.79 Å². The Kier molecular flexibility index (Phi) is 2.00. The van der Waals surface area contributed by atoms with Crippen molar-refractivity contribution in [2.75, 3.05) is 0 Å². The van der Waals surface area contributed by atoms with E-state index in [1.807, 2.05) is 24.3 Å². The van der Waals surface area contributed by atoms with Gasteiger partial charge in [0.1, 0.15) is 5.41 Å². The fourth-order valence-corrected chi connectivity index (χ4v) is 1.31. The molecule has 0 spiro atoms. The zero-order chi connectivity index (χ0) is 6.69. The van der Waals surface area contributed by atoms with Crippen LogP contribution in [0, 0.1) is 5.92 Å². The Morgan fingerprint density at radius 3 is 2.67 bits per heavy atom. The molecule has 0 heterocycles. The number of hydrogen-bond acceptors (Lipinski definition) is 1. The van der Waals surface area contributed by atoms with E-state index in [0.717, 1.165) is 6.42 Å². The molecule has 1 aliphatic carbocycles. The first kappa shape index (κ1) is 6.49. The summed E-state index contributed by atoms with van der Waals surface area (Å²) in [6.07, 6.45) is 8.87. The van der Waals surface area contributed by atoms with E-state index in [-0.39, 0.29) is 5.92 Å². The maximum Gasteiger partial charge on any atom is 0.107 e. The van der Waals surface area contributed by atoms with Crippen LogP contribution >= 0.6 is 0 Å². The quantitative estimate of drug-likeness (QED) is 0.467. The molecule has 0 radical (unpaired) electrons. The van der Waals surface area contributed by atoms with Crippen molar-refractivity contribution < 1.29 is 4.79 Å². The third-order valence-electron chi connectivity index (χ3n) is 1.50. The molecule has 1 nitrogen and oxygen atoms in total. The van der Waals surface area contributed by atoms with Crippen LogP contribution in [0.2, 0.25) is 0 Å². The zero-order valence-corrected chi connectivity index (χ0v) is 7.50. The van der Waals surface area contributed by atoms with Gasteiger partial charge >= 0.3 is 0 Å². The van der Waals surface area contributed by atoms with Crippen LogP contribution in [0.1, 0.15) is 6.42 Å². The molecule has 48 valence electrons. The summed E-state index contributed by atoms with van der Waals surface area (Å²) in [5.74, 6) is 0.210. The first-order chi connectivity index (χ1) is 4.30. The molecule has 0 aromatic heterocycles. The summed E-state index contributed by atoms with van der Waals surface area (Å²) in [7, 11) is 0.686. The van der Waals surface area contributed by atoms with Crippen LogP contribution in [-0.4, -0.2) is 15.6 Å². The molecular weight excluding hydrogens is 128 g/mol. The Morgan fingerprint density at radius 2 is 2.33 bits per heavy atom. The maximum atomic E-state index is 10.8. The van der Waals surface area contributed by atoms with Crippen molar-refractivity contribution in [1.29, 1.82) is 0 Å². The average molecular weight is 138 g/mol. The molecule has 1 unspecified atom stereocenters. The fraction of sp³-hybridized carbons (Fsp3) is 0.286. The Hall–Kier alpha value is -0.633. The number of rotatable bonds is 1.